The van der Waals surface area contributed by atoms with Gasteiger partial charge in [-0.15, -0.1) is 0 Å². The normalized spacial score (nSPS) is 17.7. The minimum atomic E-state index is -1.39. The van der Waals surface area contributed by atoms with Gasteiger partial charge >= 0.3 is 217 Å². The van der Waals surface area contributed by atoms with E-state index in [1.54, 1.807) is 55.5 Å². The van der Waals surface area contributed by atoms with E-state index in [9.17, 15) is 0 Å². The number of hydrogen-bond acceptors (Lipinski definition) is 0. The van der Waals surface area contributed by atoms with Gasteiger partial charge in [0.1, 0.15) is 0 Å². The molecule has 0 nitrogen and oxygen atoms in total. The first-order chi connectivity index (χ1) is 15.3. The van der Waals surface area contributed by atoms with Crippen molar-refractivity contribution >= 4 is 32.2 Å². The molecule has 0 amide bonds. The predicted molar refractivity (Wildman–Crippen MR) is 170 cm³/mol. The third-order valence-corrected chi connectivity index (χ3v) is 90.7. The van der Waals surface area contributed by atoms with E-state index < -0.39 is 27.5 Å². The molecule has 0 bridgehead atoms. The second-order valence-corrected chi connectivity index (χ2v) is 52.5. The van der Waals surface area contributed by atoms with Gasteiger partial charge in [-0.2, -0.15) is 0 Å². The second-order valence-electron chi connectivity index (χ2n) is 10.5. The Morgan fingerprint density at radius 1 is 0.344 bits per heavy atom. The Morgan fingerprint density at radius 2 is 0.469 bits per heavy atom. The zero-order valence-electron chi connectivity index (χ0n) is 23.9. The van der Waals surface area contributed by atoms with Crippen molar-refractivity contribution in [3.63, 3.8) is 0 Å². The molecular formula is C27H66BrCoP3. The molecule has 32 heavy (non-hydrogen) atoms. The molecular weight excluding hydrogens is 556 g/mol. The van der Waals surface area contributed by atoms with Gasteiger partial charge in [-0.25, -0.2) is 0 Å². The average molecular weight is 623 g/mol. The number of halogens is 1. The molecule has 205 valence electrons. The summed E-state index contributed by atoms with van der Waals surface area (Å²) in [6.45, 7) is 22.8. The van der Waals surface area contributed by atoms with Crippen molar-refractivity contribution in [2.75, 3.05) is 55.5 Å². The molecule has 0 unspecified atom stereocenters. The van der Waals surface area contributed by atoms with Crippen LogP contribution < -0.4 is 0 Å². The van der Waals surface area contributed by atoms with Crippen LogP contribution in [0.25, 0.3) is 0 Å². The second kappa shape index (κ2) is 17.7. The van der Waals surface area contributed by atoms with E-state index in [2.05, 4.69) is 62.3 Å². The zero-order valence-corrected chi connectivity index (χ0v) is 29.6. The van der Waals surface area contributed by atoms with Crippen LogP contribution in [0.1, 0.15) is 120 Å². The van der Waals surface area contributed by atoms with Crippen LogP contribution >= 0.6 is 32.2 Å². The van der Waals surface area contributed by atoms with Gasteiger partial charge in [0, 0.05) is 0 Å². The molecule has 0 N–H and O–H groups in total. The van der Waals surface area contributed by atoms with E-state index in [-0.39, 0.29) is 0 Å². The van der Waals surface area contributed by atoms with Crippen LogP contribution in [0, 0.1) is 0 Å². The van der Waals surface area contributed by atoms with Crippen LogP contribution in [0.2, 0.25) is 0 Å². The summed E-state index contributed by atoms with van der Waals surface area (Å²) in [6, 6.07) is 0. The van der Waals surface area contributed by atoms with Crippen LogP contribution in [0.15, 0.2) is 0 Å². The topological polar surface area (TPSA) is 0 Å². The molecule has 0 aromatic heterocycles. The summed E-state index contributed by atoms with van der Waals surface area (Å²) >= 11 is 5.26. The summed E-state index contributed by atoms with van der Waals surface area (Å²) in [5, 5.41) is 0. The molecule has 0 aliphatic carbocycles. The fourth-order valence-electron chi connectivity index (χ4n) is 7.22. The van der Waals surface area contributed by atoms with Gasteiger partial charge < -0.3 is 0 Å². The summed E-state index contributed by atoms with van der Waals surface area (Å²) in [7, 11) is -1.09. The Bertz CT molecular complexity index is 356. The van der Waals surface area contributed by atoms with Gasteiger partial charge in [-0.3, -0.25) is 0 Å². The minimum absolute atomic E-state index is 1.09. The number of rotatable bonds is 21. The third kappa shape index (κ3) is 7.41. The molecule has 0 fully saturated rings. The van der Waals surface area contributed by atoms with Gasteiger partial charge in [0.25, 0.3) is 0 Å². The molecule has 0 saturated heterocycles. The van der Waals surface area contributed by atoms with Crippen molar-refractivity contribution in [1.82, 2.24) is 0 Å². The van der Waals surface area contributed by atoms with Gasteiger partial charge in [-0.1, -0.05) is 0 Å². The maximum absolute atomic E-state index is 5.26. The molecule has 0 rings (SSSR count). The average Bonchev–Trinajstić information content (AvgIpc) is 2.74. The third-order valence-electron chi connectivity index (χ3n) is 7.64. The van der Waals surface area contributed by atoms with Crippen molar-refractivity contribution in [3.05, 3.63) is 0 Å². The summed E-state index contributed by atoms with van der Waals surface area (Å²) in [5.41, 5.74) is 0. The molecule has 0 atom stereocenters. The monoisotopic (exact) mass is 621 g/mol. The van der Waals surface area contributed by atoms with Gasteiger partial charge in [0.05, 0.1) is 0 Å². The Kier molecular flexibility index (Phi) is 18.9. The van der Waals surface area contributed by atoms with E-state index in [0.717, 1.165) is 0 Å². The molecule has 0 aliphatic rings. The summed E-state index contributed by atoms with van der Waals surface area (Å²) in [4.78, 5) is 0. The quantitative estimate of drug-likeness (QED) is 0.112. The molecule has 0 aromatic rings. The van der Waals surface area contributed by atoms with E-state index in [4.69, 9.17) is 14.2 Å². The summed E-state index contributed by atoms with van der Waals surface area (Å²) in [5.74, 6) is -4.18. The number of hydrogen-bond donors (Lipinski definition) is 0. The fourth-order valence-corrected chi connectivity index (χ4v) is 110. The van der Waals surface area contributed by atoms with Crippen molar-refractivity contribution < 1.29 is 9.51 Å². The SMILES string of the molecule is CCC[PH](CCC)(CCC)[Co]([Br])([PH](CCC)(CCC)CCC)[PH](CCC)(CCC)CCC. The molecule has 5 heteroatoms. The Morgan fingerprint density at radius 3 is 0.562 bits per heavy atom. The zero-order chi connectivity index (χ0) is 24.7. The van der Waals surface area contributed by atoms with Crippen LogP contribution in [0.3, 0.4) is 0 Å². The molecule has 0 aromatic carbocycles. The summed E-state index contributed by atoms with van der Waals surface area (Å²) in [6.07, 6.45) is 27.8. The van der Waals surface area contributed by atoms with Gasteiger partial charge in [-0.05, 0) is 0 Å². The van der Waals surface area contributed by atoms with Crippen LogP contribution in [0.4, 0.5) is 0 Å². The first-order valence-electron chi connectivity index (χ1n) is 14.7. The molecule has 0 aliphatic heterocycles. The van der Waals surface area contributed by atoms with Crippen molar-refractivity contribution in [3.8, 4) is 0 Å². The van der Waals surface area contributed by atoms with Crippen LogP contribution in [-0.4, -0.2) is 55.5 Å². The molecule has 0 spiro atoms. The van der Waals surface area contributed by atoms with Gasteiger partial charge in [0.2, 0.25) is 0 Å². The molecule has 0 saturated carbocycles. The summed E-state index contributed by atoms with van der Waals surface area (Å²) < 4.78 is 0. The Labute approximate surface area is 216 Å². The standard InChI is InChI=1S/3C9H21P.BrH.Co/c3*1-4-7-10(8-5-2)9-6-3;;/h3*4-9H2,1-3H3;1H;/q;;;;-2/p+2. The van der Waals surface area contributed by atoms with E-state index in [0.29, 0.717) is 0 Å². The van der Waals surface area contributed by atoms with Crippen molar-refractivity contribution in [2.45, 2.75) is 120 Å². The van der Waals surface area contributed by atoms with E-state index in [1.807, 2.05) is 0 Å². The first-order valence-corrected chi connectivity index (χ1v) is 29.3. The molecule has 0 heterocycles. The van der Waals surface area contributed by atoms with Gasteiger partial charge in [0.15, 0.2) is 0 Å². The van der Waals surface area contributed by atoms with E-state index in [1.165, 1.54) is 57.8 Å². The molecule has 0 radical (unpaired) electrons. The Hall–Kier alpha value is 2.28. The van der Waals surface area contributed by atoms with Crippen LogP contribution in [-0.2, 0) is 9.51 Å². The van der Waals surface area contributed by atoms with Crippen molar-refractivity contribution in [1.29, 1.82) is 0 Å². The van der Waals surface area contributed by atoms with Crippen LogP contribution in [0.5, 0.6) is 0 Å². The van der Waals surface area contributed by atoms with E-state index >= 15 is 0 Å². The Balaban J connectivity index is 7.63. The predicted octanol–water partition coefficient (Wildman–Crippen LogP) is 11.1. The maximum atomic E-state index is 5.26. The fraction of sp³-hybridized carbons (Fsp3) is 1.00. The van der Waals surface area contributed by atoms with Crippen molar-refractivity contribution in [2.24, 2.45) is 0 Å². The first kappa shape index (κ1) is 34.3.